The molecule has 0 radical (unpaired) electrons. The SMILES string of the molecule is COc1cc2c(=O)n(CCN(C)C)c3c4cc5c(cc4ccc3c2cc1OCCn1ccnc1)OCO5. The van der Waals surface area contributed by atoms with Gasteiger partial charge < -0.3 is 33.0 Å². The maximum atomic E-state index is 14.0. The summed E-state index contributed by atoms with van der Waals surface area (Å²) in [6.45, 7) is 2.53. The third-order valence-corrected chi connectivity index (χ3v) is 6.76. The van der Waals surface area contributed by atoms with Crippen LogP contribution in [-0.2, 0) is 13.1 Å². The normalized spacial score (nSPS) is 12.8. The zero-order chi connectivity index (χ0) is 25.5. The number of methoxy groups -OCH3 is 1. The van der Waals surface area contributed by atoms with Crippen LogP contribution in [0.15, 0.2) is 59.9 Å². The molecule has 190 valence electrons. The predicted octanol–water partition coefficient (Wildman–Crippen LogP) is 3.88. The van der Waals surface area contributed by atoms with E-state index in [4.69, 9.17) is 18.9 Å². The molecule has 0 unspecified atom stereocenters. The van der Waals surface area contributed by atoms with E-state index in [9.17, 15) is 4.79 Å². The van der Waals surface area contributed by atoms with Gasteiger partial charge in [0, 0.05) is 41.6 Å². The Morgan fingerprint density at radius 2 is 1.78 bits per heavy atom. The van der Waals surface area contributed by atoms with Crippen molar-refractivity contribution in [3.05, 3.63) is 65.5 Å². The number of imidazole rings is 1. The van der Waals surface area contributed by atoms with Gasteiger partial charge in [0.1, 0.15) is 6.61 Å². The lowest BCUT2D eigenvalue weighted by Crippen LogP contribution is -2.27. The summed E-state index contributed by atoms with van der Waals surface area (Å²) < 4.78 is 26.8. The molecule has 1 aliphatic rings. The van der Waals surface area contributed by atoms with Crippen molar-refractivity contribution in [1.29, 1.82) is 0 Å². The summed E-state index contributed by atoms with van der Waals surface area (Å²) in [6, 6.07) is 11.8. The second-order valence-electron chi connectivity index (χ2n) is 9.35. The monoisotopic (exact) mass is 500 g/mol. The van der Waals surface area contributed by atoms with Crippen molar-refractivity contribution in [2.75, 3.05) is 41.1 Å². The van der Waals surface area contributed by atoms with Gasteiger partial charge in [-0.2, -0.15) is 0 Å². The zero-order valence-electron chi connectivity index (χ0n) is 21.1. The number of likely N-dealkylation sites (N-methyl/N-ethyl adjacent to an activating group) is 1. The van der Waals surface area contributed by atoms with Crippen LogP contribution in [0.5, 0.6) is 23.0 Å². The highest BCUT2D eigenvalue weighted by molar-refractivity contribution is 6.16. The van der Waals surface area contributed by atoms with Crippen LogP contribution in [0.25, 0.3) is 32.4 Å². The van der Waals surface area contributed by atoms with E-state index in [2.05, 4.69) is 22.0 Å². The largest absolute Gasteiger partial charge is 0.493 e. The lowest BCUT2D eigenvalue weighted by molar-refractivity contribution is 0.174. The molecular formula is C28H28N4O5. The van der Waals surface area contributed by atoms with Crippen molar-refractivity contribution in [3.63, 3.8) is 0 Å². The van der Waals surface area contributed by atoms with Crippen LogP contribution in [0.2, 0.25) is 0 Å². The van der Waals surface area contributed by atoms with Gasteiger partial charge >= 0.3 is 0 Å². The van der Waals surface area contributed by atoms with E-state index in [1.807, 2.05) is 47.6 Å². The number of rotatable bonds is 8. The van der Waals surface area contributed by atoms with Crippen LogP contribution in [0, 0.1) is 0 Å². The number of nitrogens with zero attached hydrogens (tertiary/aromatic N) is 4. The smallest absolute Gasteiger partial charge is 0.259 e. The van der Waals surface area contributed by atoms with E-state index in [-0.39, 0.29) is 12.4 Å². The Bertz CT molecular complexity index is 1670. The molecule has 5 aromatic rings. The Morgan fingerprint density at radius 3 is 2.54 bits per heavy atom. The summed E-state index contributed by atoms with van der Waals surface area (Å²) in [4.78, 5) is 20.1. The molecule has 0 fully saturated rings. The number of aromatic nitrogens is 3. The second-order valence-corrected chi connectivity index (χ2v) is 9.35. The summed E-state index contributed by atoms with van der Waals surface area (Å²) >= 11 is 0. The molecule has 0 N–H and O–H groups in total. The first kappa shape index (κ1) is 23.2. The molecule has 9 heteroatoms. The van der Waals surface area contributed by atoms with E-state index < -0.39 is 0 Å². The maximum absolute atomic E-state index is 14.0. The Hall–Kier alpha value is -4.24. The molecule has 0 bridgehead atoms. The summed E-state index contributed by atoms with van der Waals surface area (Å²) in [7, 11) is 5.59. The second kappa shape index (κ2) is 9.33. The fraction of sp³-hybridized carbons (Fsp3) is 0.286. The van der Waals surface area contributed by atoms with Gasteiger partial charge in [-0.05, 0) is 43.7 Å². The van der Waals surface area contributed by atoms with Crippen LogP contribution < -0.4 is 24.5 Å². The van der Waals surface area contributed by atoms with Gasteiger partial charge in [0.25, 0.3) is 5.56 Å². The number of hydrogen-bond donors (Lipinski definition) is 0. The van der Waals surface area contributed by atoms with Crippen LogP contribution >= 0.6 is 0 Å². The van der Waals surface area contributed by atoms with E-state index in [0.717, 1.165) is 27.1 Å². The molecule has 9 nitrogen and oxygen atoms in total. The Labute approximate surface area is 213 Å². The van der Waals surface area contributed by atoms with Gasteiger partial charge in [-0.15, -0.1) is 0 Å². The number of fused-ring (bicyclic) bond motifs is 6. The first-order valence-corrected chi connectivity index (χ1v) is 12.2. The fourth-order valence-corrected chi connectivity index (χ4v) is 4.88. The van der Waals surface area contributed by atoms with Gasteiger partial charge in [0.15, 0.2) is 23.0 Å². The molecule has 6 rings (SSSR count). The summed E-state index contributed by atoms with van der Waals surface area (Å²) in [6.07, 6.45) is 5.38. The zero-order valence-corrected chi connectivity index (χ0v) is 21.1. The number of hydrogen-bond acceptors (Lipinski definition) is 7. The molecule has 3 heterocycles. The summed E-state index contributed by atoms with van der Waals surface area (Å²) in [5.74, 6) is 2.52. The summed E-state index contributed by atoms with van der Waals surface area (Å²) in [5, 5.41) is 4.29. The van der Waals surface area contributed by atoms with Gasteiger partial charge in [0.2, 0.25) is 6.79 Å². The minimum Gasteiger partial charge on any atom is -0.493 e. The number of benzene rings is 3. The highest BCUT2D eigenvalue weighted by Crippen LogP contribution is 2.41. The van der Waals surface area contributed by atoms with E-state index in [0.29, 0.717) is 54.6 Å². The van der Waals surface area contributed by atoms with Crippen molar-refractivity contribution in [3.8, 4) is 23.0 Å². The maximum Gasteiger partial charge on any atom is 0.259 e. The highest BCUT2D eigenvalue weighted by atomic mass is 16.7. The molecule has 1 aliphatic heterocycles. The van der Waals surface area contributed by atoms with Crippen LogP contribution in [0.3, 0.4) is 0 Å². The Balaban J connectivity index is 1.57. The third-order valence-electron chi connectivity index (χ3n) is 6.76. The molecule has 0 saturated carbocycles. The number of ether oxygens (including phenoxy) is 4. The average molecular weight is 501 g/mol. The average Bonchev–Trinajstić information content (AvgIpc) is 3.58. The molecule has 0 amide bonds. The lowest BCUT2D eigenvalue weighted by atomic mass is 9.99. The molecule has 2 aromatic heterocycles. The summed E-state index contributed by atoms with van der Waals surface area (Å²) in [5.41, 5.74) is 0.794. The predicted molar refractivity (Wildman–Crippen MR) is 142 cm³/mol. The van der Waals surface area contributed by atoms with E-state index in [1.54, 1.807) is 25.7 Å². The third kappa shape index (κ3) is 4.11. The van der Waals surface area contributed by atoms with Crippen LogP contribution in [0.1, 0.15) is 0 Å². The minimum atomic E-state index is -0.0715. The first-order chi connectivity index (χ1) is 18.0. The highest BCUT2D eigenvalue weighted by Gasteiger charge is 2.20. The van der Waals surface area contributed by atoms with E-state index in [1.165, 1.54) is 0 Å². The van der Waals surface area contributed by atoms with Crippen molar-refractivity contribution >= 4 is 32.4 Å². The van der Waals surface area contributed by atoms with E-state index >= 15 is 0 Å². The molecule has 0 aliphatic carbocycles. The van der Waals surface area contributed by atoms with Crippen molar-refractivity contribution < 1.29 is 18.9 Å². The Kier molecular flexibility index (Phi) is 5.84. The molecule has 0 atom stereocenters. The molecular weight excluding hydrogens is 472 g/mol. The van der Waals surface area contributed by atoms with Crippen molar-refractivity contribution in [2.24, 2.45) is 0 Å². The van der Waals surface area contributed by atoms with Crippen LogP contribution in [-0.4, -0.2) is 60.2 Å². The van der Waals surface area contributed by atoms with Gasteiger partial charge in [-0.25, -0.2) is 4.98 Å². The quantitative estimate of drug-likeness (QED) is 0.299. The molecule has 0 saturated heterocycles. The van der Waals surface area contributed by atoms with Gasteiger partial charge in [0.05, 0.1) is 30.9 Å². The molecule has 37 heavy (non-hydrogen) atoms. The molecule has 3 aromatic carbocycles. The number of pyridine rings is 1. The van der Waals surface area contributed by atoms with Crippen LogP contribution in [0.4, 0.5) is 0 Å². The fourth-order valence-electron chi connectivity index (χ4n) is 4.88. The minimum absolute atomic E-state index is 0.0715. The lowest BCUT2D eigenvalue weighted by Gasteiger charge is -2.19. The Morgan fingerprint density at radius 1 is 0.973 bits per heavy atom. The first-order valence-electron chi connectivity index (χ1n) is 12.2. The van der Waals surface area contributed by atoms with Gasteiger partial charge in [-0.1, -0.05) is 12.1 Å². The van der Waals surface area contributed by atoms with Crippen molar-refractivity contribution in [2.45, 2.75) is 13.1 Å². The molecule has 0 spiro atoms. The standard InChI is InChI=1S/C28H28N4O5/c1-30(2)8-9-32-27-19(5-4-18-12-24-26(13-20(18)27)37-17-36-24)21-14-25(23(34-3)15-22(21)28(32)33)35-11-10-31-7-6-29-16-31/h4-7,12-16H,8-11,17H2,1-3H3. The van der Waals surface area contributed by atoms with Crippen molar-refractivity contribution in [1.82, 2.24) is 19.0 Å². The van der Waals surface area contributed by atoms with Gasteiger partial charge in [-0.3, -0.25) is 4.79 Å². The topological polar surface area (TPSA) is 80.0 Å².